The van der Waals surface area contributed by atoms with Crippen molar-refractivity contribution in [3.05, 3.63) is 30.1 Å². The maximum atomic E-state index is 13.3. The van der Waals surface area contributed by atoms with E-state index in [-0.39, 0.29) is 5.41 Å². The summed E-state index contributed by atoms with van der Waals surface area (Å²) in [6.45, 7) is 4.94. The molecule has 25 heavy (non-hydrogen) atoms. The highest BCUT2D eigenvalue weighted by Gasteiger charge is 2.48. The third-order valence-electron chi connectivity index (χ3n) is 6.62. The van der Waals surface area contributed by atoms with E-state index in [1.807, 2.05) is 12.4 Å². The number of nitrogens with zero attached hydrogens (tertiary/aromatic N) is 3. The molecule has 4 rings (SSSR count). The number of rotatable bonds is 4. The molecule has 3 fully saturated rings. The van der Waals surface area contributed by atoms with Crippen molar-refractivity contribution in [3.63, 3.8) is 0 Å². The van der Waals surface area contributed by atoms with Crippen LogP contribution in [0.15, 0.2) is 24.5 Å². The summed E-state index contributed by atoms with van der Waals surface area (Å²) >= 11 is 0. The molecule has 0 N–H and O–H groups in total. The van der Waals surface area contributed by atoms with Crippen LogP contribution in [0.2, 0.25) is 0 Å². The number of pyridine rings is 1. The summed E-state index contributed by atoms with van der Waals surface area (Å²) in [5, 5.41) is 0. The molecule has 3 aliphatic rings. The van der Waals surface area contributed by atoms with Gasteiger partial charge in [-0.05, 0) is 62.3 Å². The highest BCUT2D eigenvalue weighted by Crippen LogP contribution is 2.41. The van der Waals surface area contributed by atoms with E-state index in [1.54, 1.807) is 0 Å². The Kier molecular flexibility index (Phi) is 5.07. The fraction of sp³-hybridized carbons (Fsp3) is 0.714. The fourth-order valence-electron chi connectivity index (χ4n) is 5.23. The maximum Gasteiger partial charge on any atom is 0.230 e. The van der Waals surface area contributed by atoms with Crippen LogP contribution in [0.4, 0.5) is 0 Å². The molecule has 0 aromatic carbocycles. The lowest BCUT2D eigenvalue weighted by molar-refractivity contribution is -0.146. The maximum absolute atomic E-state index is 13.3. The Balaban J connectivity index is 1.38. The van der Waals surface area contributed by atoms with Crippen LogP contribution in [0.1, 0.15) is 56.9 Å². The van der Waals surface area contributed by atoms with Crippen LogP contribution >= 0.6 is 0 Å². The Hall–Kier alpha value is -1.42. The molecule has 4 nitrogen and oxygen atoms in total. The van der Waals surface area contributed by atoms with Gasteiger partial charge in [0, 0.05) is 38.6 Å². The number of hydrogen-bond acceptors (Lipinski definition) is 3. The van der Waals surface area contributed by atoms with Gasteiger partial charge in [-0.2, -0.15) is 0 Å². The first-order chi connectivity index (χ1) is 12.3. The van der Waals surface area contributed by atoms with Gasteiger partial charge in [0.2, 0.25) is 5.91 Å². The lowest BCUT2D eigenvalue weighted by Crippen LogP contribution is -2.51. The van der Waals surface area contributed by atoms with Gasteiger partial charge in [0.05, 0.1) is 5.41 Å². The summed E-state index contributed by atoms with van der Waals surface area (Å²) in [5.74, 6) is 1.21. The van der Waals surface area contributed by atoms with Crippen LogP contribution in [0, 0.1) is 11.3 Å². The molecule has 1 aromatic heterocycles. The van der Waals surface area contributed by atoms with E-state index >= 15 is 0 Å². The quantitative estimate of drug-likeness (QED) is 0.841. The van der Waals surface area contributed by atoms with Crippen LogP contribution < -0.4 is 0 Å². The smallest absolute Gasteiger partial charge is 0.230 e. The minimum atomic E-state index is -0.0973. The first kappa shape index (κ1) is 17.0. The third kappa shape index (κ3) is 3.74. The number of hydrogen-bond donors (Lipinski definition) is 0. The second-order valence-electron chi connectivity index (χ2n) is 8.46. The largest absolute Gasteiger partial charge is 0.342 e. The van der Waals surface area contributed by atoms with E-state index in [0.29, 0.717) is 5.91 Å². The number of likely N-dealkylation sites (tertiary alicyclic amines) is 2. The van der Waals surface area contributed by atoms with E-state index in [1.165, 1.54) is 44.1 Å². The number of amides is 1. The minimum absolute atomic E-state index is 0.0973. The van der Waals surface area contributed by atoms with Gasteiger partial charge in [-0.1, -0.05) is 19.3 Å². The van der Waals surface area contributed by atoms with Crippen molar-refractivity contribution < 1.29 is 4.79 Å². The number of piperidine rings is 1. The zero-order valence-corrected chi connectivity index (χ0v) is 15.3. The lowest BCUT2D eigenvalue weighted by Gasteiger charge is -2.41. The predicted octanol–water partition coefficient (Wildman–Crippen LogP) is 3.48. The molecule has 2 saturated heterocycles. The van der Waals surface area contributed by atoms with Gasteiger partial charge in [-0.3, -0.25) is 14.7 Å². The molecule has 1 atom stereocenters. The molecule has 0 bridgehead atoms. The lowest BCUT2D eigenvalue weighted by atomic mass is 9.77. The van der Waals surface area contributed by atoms with Gasteiger partial charge in [0.25, 0.3) is 0 Å². The van der Waals surface area contributed by atoms with Gasteiger partial charge in [0.15, 0.2) is 0 Å². The van der Waals surface area contributed by atoms with Gasteiger partial charge in [-0.25, -0.2) is 0 Å². The monoisotopic (exact) mass is 341 g/mol. The second-order valence-corrected chi connectivity index (χ2v) is 8.46. The van der Waals surface area contributed by atoms with Crippen molar-refractivity contribution in [2.24, 2.45) is 11.3 Å². The van der Waals surface area contributed by atoms with E-state index in [4.69, 9.17) is 0 Å². The average Bonchev–Trinajstić information content (AvgIpc) is 3.04. The molecule has 136 valence electrons. The highest BCUT2D eigenvalue weighted by molar-refractivity contribution is 5.84. The average molecular weight is 341 g/mol. The fourth-order valence-corrected chi connectivity index (χ4v) is 5.23. The molecule has 1 saturated carbocycles. The summed E-state index contributed by atoms with van der Waals surface area (Å²) < 4.78 is 0. The summed E-state index contributed by atoms with van der Waals surface area (Å²) in [7, 11) is 0. The first-order valence-electron chi connectivity index (χ1n) is 10.2. The minimum Gasteiger partial charge on any atom is -0.342 e. The van der Waals surface area contributed by atoms with E-state index in [9.17, 15) is 4.79 Å². The molecular weight excluding hydrogens is 310 g/mol. The van der Waals surface area contributed by atoms with Crippen molar-refractivity contribution in [1.29, 1.82) is 0 Å². The SMILES string of the molecule is O=C1N(CC2CCCCC2)CCCC12CCN(Cc1ccncc1)C2. The number of aromatic nitrogens is 1. The Morgan fingerprint density at radius 2 is 1.84 bits per heavy atom. The van der Waals surface area contributed by atoms with Crippen molar-refractivity contribution in [1.82, 2.24) is 14.8 Å². The first-order valence-corrected chi connectivity index (χ1v) is 10.2. The molecule has 1 spiro atoms. The van der Waals surface area contributed by atoms with Crippen molar-refractivity contribution >= 4 is 5.91 Å². The van der Waals surface area contributed by atoms with Crippen molar-refractivity contribution in [3.8, 4) is 0 Å². The predicted molar refractivity (Wildman–Crippen MR) is 99.0 cm³/mol. The second kappa shape index (κ2) is 7.45. The Morgan fingerprint density at radius 3 is 2.64 bits per heavy atom. The number of carbonyl (C=O) groups excluding carboxylic acids is 1. The summed E-state index contributed by atoms with van der Waals surface area (Å²) in [4.78, 5) is 22.1. The highest BCUT2D eigenvalue weighted by atomic mass is 16.2. The standard InChI is InChI=1S/C21H31N3O/c25-20-21(9-4-13-24(20)16-18-5-2-1-3-6-18)10-14-23(17-21)15-19-7-11-22-12-8-19/h7-8,11-12,18H,1-6,9-10,13-17H2. The van der Waals surface area contributed by atoms with Crippen molar-refractivity contribution in [2.45, 2.75) is 57.9 Å². The van der Waals surface area contributed by atoms with Gasteiger partial charge in [0.1, 0.15) is 0 Å². The molecule has 1 aliphatic carbocycles. The van der Waals surface area contributed by atoms with Crippen molar-refractivity contribution in [2.75, 3.05) is 26.2 Å². The molecule has 1 aromatic rings. The van der Waals surface area contributed by atoms with E-state index in [0.717, 1.165) is 51.5 Å². The summed E-state index contributed by atoms with van der Waals surface area (Å²) in [6.07, 6.45) is 13.8. The molecule has 4 heteroatoms. The Morgan fingerprint density at radius 1 is 1.04 bits per heavy atom. The molecular formula is C21H31N3O. The van der Waals surface area contributed by atoms with Crippen LogP contribution in [0.25, 0.3) is 0 Å². The van der Waals surface area contributed by atoms with Gasteiger partial charge >= 0.3 is 0 Å². The van der Waals surface area contributed by atoms with Gasteiger partial charge < -0.3 is 4.90 Å². The molecule has 3 heterocycles. The zero-order chi connectivity index (χ0) is 17.1. The number of carbonyl (C=O) groups is 1. The topological polar surface area (TPSA) is 36.4 Å². The van der Waals surface area contributed by atoms with Gasteiger partial charge in [-0.15, -0.1) is 0 Å². The molecule has 2 aliphatic heterocycles. The normalized spacial score (nSPS) is 28.8. The van der Waals surface area contributed by atoms with Crippen LogP contribution in [0.3, 0.4) is 0 Å². The zero-order valence-electron chi connectivity index (χ0n) is 15.3. The van der Waals surface area contributed by atoms with Crippen LogP contribution in [0.5, 0.6) is 0 Å². The molecule has 1 amide bonds. The molecule has 1 unspecified atom stereocenters. The summed E-state index contributed by atoms with van der Waals surface area (Å²) in [5.41, 5.74) is 1.20. The molecule has 0 radical (unpaired) electrons. The Bertz CT molecular complexity index is 584. The van der Waals surface area contributed by atoms with E-state index < -0.39 is 0 Å². The Labute approximate surface area is 151 Å². The van der Waals surface area contributed by atoms with Crippen LogP contribution in [-0.2, 0) is 11.3 Å². The third-order valence-corrected chi connectivity index (χ3v) is 6.62. The van der Waals surface area contributed by atoms with E-state index in [2.05, 4.69) is 26.9 Å². The van der Waals surface area contributed by atoms with Crippen LogP contribution in [-0.4, -0.2) is 46.9 Å². The summed E-state index contributed by atoms with van der Waals surface area (Å²) in [6, 6.07) is 4.17.